The Morgan fingerprint density at radius 1 is 1.35 bits per heavy atom. The second kappa shape index (κ2) is 5.43. The molecule has 5 nitrogen and oxygen atoms in total. The molecule has 1 aromatic heterocycles. The lowest BCUT2D eigenvalue weighted by molar-refractivity contribution is -0.126. The molecular formula is C12H15N3O2. The summed E-state index contributed by atoms with van der Waals surface area (Å²) in [6, 6.07) is 3.70. The Kier molecular flexibility index (Phi) is 3.69. The lowest BCUT2D eigenvalue weighted by Gasteiger charge is -2.06. The molecular weight excluding hydrogens is 218 g/mol. The van der Waals surface area contributed by atoms with Crippen molar-refractivity contribution in [2.24, 2.45) is 5.92 Å². The van der Waals surface area contributed by atoms with Crippen LogP contribution < -0.4 is 10.6 Å². The van der Waals surface area contributed by atoms with Gasteiger partial charge in [-0.25, -0.2) is 0 Å². The van der Waals surface area contributed by atoms with Gasteiger partial charge in [0.15, 0.2) is 0 Å². The highest BCUT2D eigenvalue weighted by molar-refractivity contribution is 5.86. The summed E-state index contributed by atoms with van der Waals surface area (Å²) >= 11 is 0. The van der Waals surface area contributed by atoms with Gasteiger partial charge in [0, 0.05) is 24.9 Å². The highest BCUT2D eigenvalue weighted by Gasteiger charge is 2.29. The van der Waals surface area contributed by atoms with Crippen LogP contribution in [0.4, 0.5) is 0 Å². The minimum absolute atomic E-state index is 0.0125. The first-order valence-electron chi connectivity index (χ1n) is 5.69. The Morgan fingerprint density at radius 2 is 2.18 bits per heavy atom. The molecule has 0 saturated heterocycles. The van der Waals surface area contributed by atoms with Crippen molar-refractivity contribution < 1.29 is 9.59 Å². The predicted octanol–water partition coefficient (Wildman–Crippen LogP) is 0.224. The average Bonchev–Trinajstić information content (AvgIpc) is 3.19. The number of hydrogen-bond acceptors (Lipinski definition) is 3. The van der Waals surface area contributed by atoms with E-state index in [0.717, 1.165) is 18.4 Å². The van der Waals surface area contributed by atoms with Crippen LogP contribution in [-0.2, 0) is 16.1 Å². The normalized spacial score (nSPS) is 14.1. The molecule has 1 aliphatic carbocycles. The molecule has 0 aliphatic heterocycles. The Labute approximate surface area is 99.6 Å². The van der Waals surface area contributed by atoms with Gasteiger partial charge in [-0.1, -0.05) is 6.07 Å². The van der Waals surface area contributed by atoms with Gasteiger partial charge in [0.05, 0.1) is 6.54 Å². The maximum atomic E-state index is 11.4. The Balaban J connectivity index is 1.65. The van der Waals surface area contributed by atoms with E-state index in [1.807, 2.05) is 12.1 Å². The van der Waals surface area contributed by atoms with Crippen molar-refractivity contribution in [2.45, 2.75) is 19.4 Å². The third-order valence-electron chi connectivity index (χ3n) is 2.58. The van der Waals surface area contributed by atoms with E-state index >= 15 is 0 Å². The third kappa shape index (κ3) is 3.86. The number of amides is 2. The van der Waals surface area contributed by atoms with Crippen molar-refractivity contribution in [1.29, 1.82) is 0 Å². The minimum Gasteiger partial charge on any atom is -0.350 e. The number of carbonyl (C=O) groups excluding carboxylic acids is 2. The number of carbonyl (C=O) groups is 2. The van der Waals surface area contributed by atoms with Gasteiger partial charge in [0.25, 0.3) is 0 Å². The van der Waals surface area contributed by atoms with Crippen molar-refractivity contribution in [3.63, 3.8) is 0 Å². The first kappa shape index (κ1) is 11.6. The molecule has 0 aromatic carbocycles. The average molecular weight is 233 g/mol. The van der Waals surface area contributed by atoms with Crippen LogP contribution in [0.1, 0.15) is 18.4 Å². The number of aromatic nitrogens is 1. The molecule has 0 unspecified atom stereocenters. The Hall–Kier alpha value is -1.91. The van der Waals surface area contributed by atoms with E-state index in [1.165, 1.54) is 0 Å². The summed E-state index contributed by atoms with van der Waals surface area (Å²) in [6.07, 6.45) is 5.27. The summed E-state index contributed by atoms with van der Waals surface area (Å²) in [6.45, 7) is 0.488. The summed E-state index contributed by atoms with van der Waals surface area (Å²) in [4.78, 5) is 26.6. The van der Waals surface area contributed by atoms with Gasteiger partial charge < -0.3 is 10.6 Å². The fraction of sp³-hybridized carbons (Fsp3) is 0.417. The number of pyridine rings is 1. The van der Waals surface area contributed by atoms with Gasteiger partial charge in [-0.05, 0) is 24.5 Å². The van der Waals surface area contributed by atoms with E-state index in [4.69, 9.17) is 0 Å². The molecule has 2 rings (SSSR count). The van der Waals surface area contributed by atoms with Gasteiger partial charge in [-0.2, -0.15) is 0 Å². The smallest absolute Gasteiger partial charge is 0.239 e. The molecule has 17 heavy (non-hydrogen) atoms. The molecule has 1 heterocycles. The standard InChI is InChI=1S/C12H15N3O2/c16-11(8-15-12(17)10-3-4-10)14-7-9-2-1-5-13-6-9/h1-2,5-6,10H,3-4,7-8H2,(H,14,16)(H,15,17). The Morgan fingerprint density at radius 3 is 2.82 bits per heavy atom. The summed E-state index contributed by atoms with van der Waals surface area (Å²) < 4.78 is 0. The lowest BCUT2D eigenvalue weighted by atomic mass is 10.3. The van der Waals surface area contributed by atoms with Crippen LogP contribution in [0.25, 0.3) is 0 Å². The van der Waals surface area contributed by atoms with E-state index < -0.39 is 0 Å². The molecule has 0 radical (unpaired) electrons. The molecule has 1 fully saturated rings. The topological polar surface area (TPSA) is 71.1 Å². The molecule has 0 atom stereocenters. The fourth-order valence-electron chi connectivity index (χ4n) is 1.42. The number of hydrogen-bond donors (Lipinski definition) is 2. The van der Waals surface area contributed by atoms with E-state index in [1.54, 1.807) is 12.4 Å². The molecule has 0 bridgehead atoms. The fourth-order valence-corrected chi connectivity index (χ4v) is 1.42. The highest BCUT2D eigenvalue weighted by Crippen LogP contribution is 2.28. The zero-order valence-corrected chi connectivity index (χ0v) is 9.48. The summed E-state index contributed by atoms with van der Waals surface area (Å²) in [5.41, 5.74) is 0.939. The van der Waals surface area contributed by atoms with Crippen molar-refractivity contribution in [2.75, 3.05) is 6.54 Å². The van der Waals surface area contributed by atoms with E-state index in [0.29, 0.717) is 6.54 Å². The first-order valence-corrected chi connectivity index (χ1v) is 5.69. The lowest BCUT2D eigenvalue weighted by Crippen LogP contribution is -2.37. The zero-order valence-electron chi connectivity index (χ0n) is 9.48. The highest BCUT2D eigenvalue weighted by atomic mass is 16.2. The van der Waals surface area contributed by atoms with Crippen molar-refractivity contribution in [3.05, 3.63) is 30.1 Å². The van der Waals surface area contributed by atoms with Crippen LogP contribution in [-0.4, -0.2) is 23.3 Å². The quantitative estimate of drug-likeness (QED) is 0.764. The van der Waals surface area contributed by atoms with Crippen LogP contribution in [0, 0.1) is 5.92 Å². The zero-order chi connectivity index (χ0) is 12.1. The summed E-state index contributed by atoms with van der Waals surface area (Å²) in [5.74, 6) is -0.0505. The van der Waals surface area contributed by atoms with Crippen molar-refractivity contribution in [1.82, 2.24) is 15.6 Å². The van der Waals surface area contributed by atoms with Gasteiger partial charge in [0.1, 0.15) is 0 Å². The maximum absolute atomic E-state index is 11.4. The summed E-state index contributed by atoms with van der Waals surface area (Å²) in [5, 5.41) is 5.33. The SMILES string of the molecule is O=C(CNC(=O)C1CC1)NCc1cccnc1. The molecule has 2 N–H and O–H groups in total. The van der Waals surface area contributed by atoms with Crippen LogP contribution in [0.15, 0.2) is 24.5 Å². The third-order valence-corrected chi connectivity index (χ3v) is 2.58. The van der Waals surface area contributed by atoms with Gasteiger partial charge >= 0.3 is 0 Å². The summed E-state index contributed by atoms with van der Waals surface area (Å²) in [7, 11) is 0. The largest absolute Gasteiger partial charge is 0.350 e. The second-order valence-corrected chi connectivity index (χ2v) is 4.13. The van der Waals surface area contributed by atoms with Crippen LogP contribution in [0.3, 0.4) is 0 Å². The molecule has 0 spiro atoms. The number of nitrogens with zero attached hydrogens (tertiary/aromatic N) is 1. The second-order valence-electron chi connectivity index (χ2n) is 4.13. The van der Waals surface area contributed by atoms with Crippen LogP contribution >= 0.6 is 0 Å². The van der Waals surface area contributed by atoms with Gasteiger partial charge in [0.2, 0.25) is 11.8 Å². The van der Waals surface area contributed by atoms with Crippen LogP contribution in [0.5, 0.6) is 0 Å². The molecule has 5 heteroatoms. The molecule has 2 amide bonds. The van der Waals surface area contributed by atoms with Crippen LogP contribution in [0.2, 0.25) is 0 Å². The Bertz CT molecular complexity index is 401. The van der Waals surface area contributed by atoms with Gasteiger partial charge in [-0.3, -0.25) is 14.6 Å². The molecule has 1 saturated carbocycles. The number of rotatable bonds is 5. The monoisotopic (exact) mass is 233 g/mol. The molecule has 1 aromatic rings. The number of nitrogens with one attached hydrogen (secondary N) is 2. The van der Waals surface area contributed by atoms with E-state index in [2.05, 4.69) is 15.6 Å². The predicted molar refractivity (Wildman–Crippen MR) is 61.8 cm³/mol. The van der Waals surface area contributed by atoms with Crippen molar-refractivity contribution >= 4 is 11.8 Å². The molecule has 1 aliphatic rings. The molecule has 90 valence electrons. The minimum atomic E-state index is -0.178. The van der Waals surface area contributed by atoms with E-state index in [-0.39, 0.29) is 24.3 Å². The van der Waals surface area contributed by atoms with Crippen molar-refractivity contribution in [3.8, 4) is 0 Å². The maximum Gasteiger partial charge on any atom is 0.239 e. The first-order chi connectivity index (χ1) is 8.25. The van der Waals surface area contributed by atoms with E-state index in [9.17, 15) is 9.59 Å². The van der Waals surface area contributed by atoms with Gasteiger partial charge in [-0.15, -0.1) is 0 Å².